The molecule has 0 N–H and O–H groups in total. The minimum Gasteiger partial charge on any atom is -0.457 e. The van der Waals surface area contributed by atoms with Crippen LogP contribution in [0.3, 0.4) is 0 Å². The first-order chi connectivity index (χ1) is 56.0. The first-order valence-electron chi connectivity index (χ1n) is 36.6. The predicted molar refractivity (Wildman–Crippen MR) is 439 cm³/mol. The van der Waals surface area contributed by atoms with E-state index in [4.69, 9.17) is 40.5 Å². The minimum absolute atomic E-state index is 0.0567. The van der Waals surface area contributed by atoms with Gasteiger partial charge in [0, 0.05) is 49.6 Å². The van der Waals surface area contributed by atoms with E-state index >= 15 is 0 Å². The summed E-state index contributed by atoms with van der Waals surface area (Å²) in [5.74, 6) is -1.35. The Balaban J connectivity index is 0.852. The van der Waals surface area contributed by atoms with Gasteiger partial charge in [-0.2, -0.15) is 10.5 Å². The Morgan fingerprint density at radius 3 is 1.02 bits per heavy atom. The van der Waals surface area contributed by atoms with E-state index in [9.17, 15) is 29.7 Å². The Kier molecular flexibility index (Phi) is 19.5. The van der Waals surface area contributed by atoms with Crippen molar-refractivity contribution in [3.05, 3.63) is 395 Å². The molecule has 3 aromatic heterocycles. The van der Waals surface area contributed by atoms with E-state index < -0.39 is 23.9 Å². The van der Waals surface area contributed by atoms with Crippen LogP contribution in [-0.4, -0.2) is 48.0 Å². The van der Waals surface area contributed by atoms with Crippen molar-refractivity contribution in [1.29, 1.82) is 10.5 Å². The Morgan fingerprint density at radius 1 is 0.307 bits per heavy atom. The van der Waals surface area contributed by atoms with Crippen LogP contribution in [0.5, 0.6) is 0 Å². The number of nitrogens with zero attached hydrogens (tertiary/aromatic N) is 8. The number of hydrogen-bond acceptors (Lipinski definition) is 13. The van der Waals surface area contributed by atoms with Crippen LogP contribution in [-0.2, 0) is 45.4 Å². The highest BCUT2D eigenvalue weighted by Crippen LogP contribution is 2.44. The topological polar surface area (TPSA) is 206 Å². The molecule has 0 radical (unpaired) electrons. The van der Waals surface area contributed by atoms with Gasteiger partial charge in [0.2, 0.25) is 0 Å². The largest absolute Gasteiger partial charge is 0.457 e. The molecule has 0 amide bonds. The quantitative estimate of drug-likeness (QED) is 0.0396. The molecular weight excluding hydrogens is 1420 g/mol. The zero-order valence-electron chi connectivity index (χ0n) is 60.8. The number of aromatic nitrogens is 5. The van der Waals surface area contributed by atoms with E-state index in [1.165, 1.54) is 0 Å². The SMILES string of the molecule is [C-]#[N+]c1cccc(-c2cc(-n3c4ccc(C(=O)OCc5ccccc5)cc4c4cc(C(=O)OCc5ccccc5)ccc43)ccc2-c2nc(-c3ccccc3-c3ccc(C#N)cc3)nc(-c3ccc(-n4c5ccc(C(=O)OCc6ccccc6)cc5c5cc(C(=O)OCc6ccccc6)ccc54)cc3-c3cccc(C#N)c3)n2)c1. The third-order valence-corrected chi connectivity index (χ3v) is 20.0. The summed E-state index contributed by atoms with van der Waals surface area (Å²) in [6.07, 6.45) is 0. The first kappa shape index (κ1) is 71.0. The highest BCUT2D eigenvalue weighted by atomic mass is 16.5. The van der Waals surface area contributed by atoms with Crippen molar-refractivity contribution in [1.82, 2.24) is 24.1 Å². The zero-order chi connectivity index (χ0) is 77.6. The molecule has 16 heteroatoms. The van der Waals surface area contributed by atoms with Crippen LogP contribution in [0.15, 0.2) is 328 Å². The van der Waals surface area contributed by atoms with Gasteiger partial charge >= 0.3 is 23.9 Å². The van der Waals surface area contributed by atoms with Gasteiger partial charge in [-0.3, -0.25) is 0 Å². The number of esters is 4. The number of ether oxygens (including phenoxy) is 4. The van der Waals surface area contributed by atoms with Crippen molar-refractivity contribution in [3.8, 4) is 91.1 Å². The van der Waals surface area contributed by atoms with E-state index in [1.807, 2.05) is 255 Å². The van der Waals surface area contributed by atoms with Crippen molar-refractivity contribution in [2.75, 3.05) is 0 Å². The van der Waals surface area contributed by atoms with Crippen LogP contribution in [0.2, 0.25) is 0 Å². The van der Waals surface area contributed by atoms with E-state index in [1.54, 1.807) is 72.8 Å². The van der Waals surface area contributed by atoms with Crippen molar-refractivity contribution in [2.45, 2.75) is 26.4 Å². The zero-order valence-corrected chi connectivity index (χ0v) is 60.8. The molecule has 17 rings (SSSR count). The maximum Gasteiger partial charge on any atom is 0.338 e. The standard InChI is InChI=1S/C98H62N8O8/c1-101-75-29-17-28-70(49-75)83-55-77(106-90-46-38-73(97(109)113-60-65-22-10-4-11-23-65)52-86(90)87-53-74(39-47-91(87)106)98(110)114-61-66-24-12-5-13-25-66)41-43-81(83)94-103-92(79-31-15-14-30-78(79)68-34-32-62(56-99)33-35-68)102-93(104-94)80-42-40-76(54-82(80)69-27-16-26-67(48-69)57-100)105-88-44-36-71(95(107)111-58-63-18-6-2-7-19-63)50-84(88)85-51-72(37-45-89(85)105)96(108)112-59-64-20-8-3-9-21-64/h2-55H,58-61H2. The summed E-state index contributed by atoms with van der Waals surface area (Å²) in [6, 6.07) is 105. The van der Waals surface area contributed by atoms with E-state index in [-0.39, 0.29) is 43.9 Å². The molecule has 0 bridgehead atoms. The Labute approximate surface area is 654 Å². The Hall–Kier alpha value is -16.0. The number of rotatable bonds is 20. The van der Waals surface area contributed by atoms with Gasteiger partial charge in [0.05, 0.1) is 74.2 Å². The molecular formula is C98H62N8O8. The molecule has 0 saturated heterocycles. The van der Waals surface area contributed by atoms with Gasteiger partial charge in [-0.25, -0.2) is 39.0 Å². The molecule has 542 valence electrons. The molecule has 0 aliphatic carbocycles. The summed E-state index contributed by atoms with van der Waals surface area (Å²) in [7, 11) is 0. The van der Waals surface area contributed by atoms with Gasteiger partial charge < -0.3 is 28.1 Å². The lowest BCUT2D eigenvalue weighted by Crippen LogP contribution is -2.05. The molecule has 0 aliphatic rings. The van der Waals surface area contributed by atoms with Gasteiger partial charge in [0.1, 0.15) is 26.4 Å². The van der Waals surface area contributed by atoms with E-state index in [0.29, 0.717) is 133 Å². The highest BCUT2D eigenvalue weighted by molar-refractivity contribution is 6.15. The lowest BCUT2D eigenvalue weighted by atomic mass is 9.95. The van der Waals surface area contributed by atoms with Crippen molar-refractivity contribution >= 4 is 73.2 Å². The van der Waals surface area contributed by atoms with Crippen LogP contribution in [0, 0.1) is 29.2 Å². The Morgan fingerprint density at radius 2 is 0.649 bits per heavy atom. The van der Waals surface area contributed by atoms with Gasteiger partial charge in [-0.1, -0.05) is 188 Å². The molecule has 0 fully saturated rings. The fourth-order valence-corrected chi connectivity index (χ4v) is 14.4. The smallest absolute Gasteiger partial charge is 0.338 e. The maximum atomic E-state index is 14.1. The second-order valence-electron chi connectivity index (χ2n) is 27.2. The molecule has 114 heavy (non-hydrogen) atoms. The lowest BCUT2D eigenvalue weighted by Gasteiger charge is -2.18. The third kappa shape index (κ3) is 14.4. The fourth-order valence-electron chi connectivity index (χ4n) is 14.4. The highest BCUT2D eigenvalue weighted by Gasteiger charge is 2.26. The maximum absolute atomic E-state index is 14.1. The van der Waals surface area contributed by atoms with Crippen LogP contribution in [0.4, 0.5) is 5.69 Å². The normalized spacial score (nSPS) is 11.1. The molecule has 0 spiro atoms. The van der Waals surface area contributed by atoms with Gasteiger partial charge in [-0.05, 0) is 195 Å². The van der Waals surface area contributed by atoms with Crippen molar-refractivity contribution in [2.24, 2.45) is 0 Å². The van der Waals surface area contributed by atoms with Crippen LogP contribution >= 0.6 is 0 Å². The summed E-state index contributed by atoms with van der Waals surface area (Å²) in [6.45, 7) is 8.52. The number of carbonyl (C=O) groups is 4. The predicted octanol–water partition coefficient (Wildman–Crippen LogP) is 21.8. The van der Waals surface area contributed by atoms with Crippen LogP contribution < -0.4 is 0 Å². The molecule has 16 nitrogen and oxygen atoms in total. The third-order valence-electron chi connectivity index (χ3n) is 20.0. The number of fused-ring (bicyclic) bond motifs is 6. The number of nitriles is 2. The van der Waals surface area contributed by atoms with Gasteiger partial charge in [-0.15, -0.1) is 0 Å². The lowest BCUT2D eigenvalue weighted by molar-refractivity contribution is 0.0464. The van der Waals surface area contributed by atoms with Gasteiger partial charge in [0.15, 0.2) is 23.2 Å². The monoisotopic (exact) mass is 1480 g/mol. The number of benzene rings is 14. The van der Waals surface area contributed by atoms with Gasteiger partial charge in [0.25, 0.3) is 0 Å². The van der Waals surface area contributed by atoms with E-state index in [2.05, 4.69) is 26.1 Å². The summed E-state index contributed by atoms with van der Waals surface area (Å²) >= 11 is 0. The Bertz CT molecular complexity index is 6220. The van der Waals surface area contributed by atoms with Crippen molar-refractivity contribution < 1.29 is 38.1 Å². The molecule has 14 aromatic carbocycles. The molecule has 0 aliphatic heterocycles. The minimum atomic E-state index is -0.534. The summed E-state index contributed by atoms with van der Waals surface area (Å²) in [5, 5.41) is 23.1. The number of hydrogen-bond donors (Lipinski definition) is 0. The summed E-state index contributed by atoms with van der Waals surface area (Å²) in [4.78, 5) is 76.6. The second-order valence-corrected chi connectivity index (χ2v) is 27.2. The van der Waals surface area contributed by atoms with Crippen LogP contribution in [0.25, 0.3) is 127 Å². The second kappa shape index (κ2) is 31.3. The molecule has 0 saturated carbocycles. The fraction of sp³-hybridized carbons (Fsp3) is 0.0408. The van der Waals surface area contributed by atoms with Crippen LogP contribution in [0.1, 0.15) is 74.8 Å². The van der Waals surface area contributed by atoms with Crippen molar-refractivity contribution in [3.63, 3.8) is 0 Å². The average molecular weight is 1480 g/mol. The summed E-state index contributed by atoms with van der Waals surface area (Å²) in [5.41, 5.74) is 15.7. The van der Waals surface area contributed by atoms with E-state index in [0.717, 1.165) is 33.4 Å². The molecule has 0 atom stereocenters. The molecule has 17 aromatic rings. The molecule has 3 heterocycles. The average Bonchev–Trinajstić information content (AvgIpc) is 1.57. The summed E-state index contributed by atoms with van der Waals surface area (Å²) < 4.78 is 27.7. The molecule has 0 unspecified atom stereocenters. The first-order valence-corrected chi connectivity index (χ1v) is 36.6. The number of carbonyl (C=O) groups excluding carboxylic acids is 4.